The molecule has 2 heterocycles. The average molecular weight is 338 g/mol. The maximum atomic E-state index is 4.60. The second-order valence-corrected chi connectivity index (χ2v) is 6.69. The minimum absolute atomic E-state index is 0.825. The molecule has 1 aromatic carbocycles. The summed E-state index contributed by atoms with van der Waals surface area (Å²) in [6.07, 6.45) is 1.92. The number of amidine groups is 1. The zero-order valence-electron chi connectivity index (χ0n) is 14.3. The Morgan fingerprint density at radius 1 is 1.17 bits per heavy atom. The molecular formula is C19H22N4S. The number of hydrogen-bond acceptors (Lipinski definition) is 3. The molecule has 124 valence electrons. The van der Waals surface area contributed by atoms with Crippen molar-refractivity contribution in [2.75, 3.05) is 0 Å². The molecule has 2 aromatic rings. The Kier molecular flexibility index (Phi) is 4.81. The van der Waals surface area contributed by atoms with E-state index in [0.29, 0.717) is 0 Å². The molecule has 0 fully saturated rings. The molecule has 0 amide bonds. The number of aliphatic imine (C=N–C) groups is 1. The zero-order chi connectivity index (χ0) is 17.1. The minimum Gasteiger partial charge on any atom is -0.345 e. The van der Waals surface area contributed by atoms with Gasteiger partial charge in [0.25, 0.3) is 0 Å². The summed E-state index contributed by atoms with van der Waals surface area (Å²) >= 11 is 1.59. The molecule has 0 radical (unpaired) electrons. The van der Waals surface area contributed by atoms with Gasteiger partial charge in [-0.25, -0.2) is 4.99 Å². The van der Waals surface area contributed by atoms with Crippen LogP contribution in [0.25, 0.3) is 5.70 Å². The Hall–Kier alpha value is -2.40. The lowest BCUT2D eigenvalue weighted by Gasteiger charge is -2.19. The Balaban J connectivity index is 1.79. The second kappa shape index (κ2) is 7.01. The third-order valence-electron chi connectivity index (χ3n) is 4.03. The van der Waals surface area contributed by atoms with Crippen molar-refractivity contribution in [3.05, 3.63) is 70.9 Å². The highest BCUT2D eigenvalue weighted by Crippen LogP contribution is 2.26. The van der Waals surface area contributed by atoms with E-state index in [4.69, 9.17) is 0 Å². The predicted molar refractivity (Wildman–Crippen MR) is 104 cm³/mol. The van der Waals surface area contributed by atoms with Crippen LogP contribution in [0.4, 0.5) is 5.69 Å². The molecule has 3 rings (SSSR count). The van der Waals surface area contributed by atoms with Crippen molar-refractivity contribution in [1.82, 2.24) is 15.4 Å². The highest BCUT2D eigenvalue weighted by atomic mass is 32.2. The summed E-state index contributed by atoms with van der Waals surface area (Å²) in [5, 5.41) is 2.94. The first-order valence-electron chi connectivity index (χ1n) is 7.90. The van der Waals surface area contributed by atoms with Crippen LogP contribution in [0.1, 0.15) is 22.5 Å². The van der Waals surface area contributed by atoms with Crippen molar-refractivity contribution >= 4 is 28.3 Å². The van der Waals surface area contributed by atoms with Gasteiger partial charge in [-0.3, -0.25) is 10.9 Å². The maximum absolute atomic E-state index is 4.60. The van der Waals surface area contributed by atoms with Gasteiger partial charge in [0.1, 0.15) is 0 Å². The first kappa shape index (κ1) is 16.5. The van der Waals surface area contributed by atoms with Gasteiger partial charge in [-0.15, -0.1) is 6.58 Å². The fourth-order valence-electron chi connectivity index (χ4n) is 2.70. The van der Waals surface area contributed by atoms with Crippen molar-refractivity contribution in [2.45, 2.75) is 27.3 Å². The van der Waals surface area contributed by atoms with E-state index in [9.17, 15) is 0 Å². The Morgan fingerprint density at radius 3 is 2.54 bits per heavy atom. The lowest BCUT2D eigenvalue weighted by atomic mass is 10.2. The molecule has 2 N–H and O–H groups in total. The Bertz CT molecular complexity index is 813. The van der Waals surface area contributed by atoms with Gasteiger partial charge in [-0.05, 0) is 39.0 Å². The van der Waals surface area contributed by atoms with Gasteiger partial charge in [0, 0.05) is 28.9 Å². The molecule has 1 aromatic heterocycles. The van der Waals surface area contributed by atoms with E-state index in [2.05, 4.69) is 71.4 Å². The number of rotatable bonds is 4. The van der Waals surface area contributed by atoms with Gasteiger partial charge in [0.05, 0.1) is 11.4 Å². The molecule has 0 saturated heterocycles. The number of nitrogens with zero attached hydrogens (tertiary/aromatic N) is 2. The summed E-state index contributed by atoms with van der Waals surface area (Å²) in [5.41, 5.74) is 13.3. The molecule has 0 spiro atoms. The molecule has 0 atom stereocenters. The Labute approximate surface area is 147 Å². The predicted octanol–water partition coefficient (Wildman–Crippen LogP) is 4.43. The third kappa shape index (κ3) is 3.41. The largest absolute Gasteiger partial charge is 0.345 e. The van der Waals surface area contributed by atoms with Crippen molar-refractivity contribution < 1.29 is 0 Å². The highest BCUT2D eigenvalue weighted by molar-refractivity contribution is 8.16. The van der Waals surface area contributed by atoms with Gasteiger partial charge in [-0.2, -0.15) is 0 Å². The van der Waals surface area contributed by atoms with Gasteiger partial charge in [-0.1, -0.05) is 35.5 Å². The van der Waals surface area contributed by atoms with E-state index < -0.39 is 0 Å². The number of thioether (sulfide) groups is 1. The number of aryl methyl sites for hydroxylation is 2. The number of hydrazine groups is 1. The second-order valence-electron chi connectivity index (χ2n) is 5.84. The molecule has 0 bridgehead atoms. The van der Waals surface area contributed by atoms with Crippen LogP contribution in [0, 0.1) is 20.8 Å². The summed E-state index contributed by atoms with van der Waals surface area (Å²) in [4.78, 5) is 4.60. The van der Waals surface area contributed by atoms with Crippen molar-refractivity contribution in [3.63, 3.8) is 0 Å². The summed E-state index contributed by atoms with van der Waals surface area (Å²) in [5.74, 6) is 0. The molecule has 24 heavy (non-hydrogen) atoms. The summed E-state index contributed by atoms with van der Waals surface area (Å²) in [6, 6.07) is 10.4. The summed E-state index contributed by atoms with van der Waals surface area (Å²) in [7, 11) is 0. The average Bonchev–Trinajstić information content (AvgIpc) is 2.86. The molecule has 1 aliphatic heterocycles. The van der Waals surface area contributed by atoms with Crippen LogP contribution in [-0.4, -0.2) is 9.73 Å². The van der Waals surface area contributed by atoms with Crippen molar-refractivity contribution in [1.29, 1.82) is 0 Å². The monoisotopic (exact) mass is 338 g/mol. The smallest absolute Gasteiger partial charge is 0.184 e. The Morgan fingerprint density at radius 2 is 1.92 bits per heavy atom. The van der Waals surface area contributed by atoms with Crippen LogP contribution < -0.4 is 10.9 Å². The van der Waals surface area contributed by atoms with Crippen LogP contribution in [0.15, 0.2) is 53.4 Å². The quantitative estimate of drug-likeness (QED) is 0.811. The number of hydrogen-bond donors (Lipinski definition) is 2. The highest BCUT2D eigenvalue weighted by Gasteiger charge is 2.16. The van der Waals surface area contributed by atoms with Crippen molar-refractivity contribution in [2.24, 2.45) is 4.99 Å². The maximum Gasteiger partial charge on any atom is 0.184 e. The molecular weight excluding hydrogens is 316 g/mol. The van der Waals surface area contributed by atoms with Crippen LogP contribution >= 0.6 is 11.8 Å². The number of aromatic nitrogens is 1. The molecule has 0 saturated carbocycles. The van der Waals surface area contributed by atoms with Crippen LogP contribution in [0.5, 0.6) is 0 Å². The minimum atomic E-state index is 0.825. The van der Waals surface area contributed by atoms with Crippen LogP contribution in [0.2, 0.25) is 0 Å². The summed E-state index contributed by atoms with van der Waals surface area (Å²) < 4.78 is 2.26. The van der Waals surface area contributed by atoms with E-state index in [1.807, 2.05) is 18.2 Å². The first-order valence-corrected chi connectivity index (χ1v) is 8.78. The lowest BCUT2D eigenvalue weighted by molar-refractivity contribution is 0.766. The van der Waals surface area contributed by atoms with E-state index in [-0.39, 0.29) is 0 Å². The fourth-order valence-corrected chi connectivity index (χ4v) is 3.38. The SMILES string of the molecule is C=CCn1c(C)cc(C2=CSC(=Nc3ccc(C)cc3)NN2)c1C. The van der Waals surface area contributed by atoms with E-state index >= 15 is 0 Å². The number of allylic oxidation sites excluding steroid dienone is 1. The topological polar surface area (TPSA) is 41.4 Å². The van der Waals surface area contributed by atoms with Crippen LogP contribution in [-0.2, 0) is 6.54 Å². The van der Waals surface area contributed by atoms with E-state index in [1.54, 1.807) is 11.8 Å². The molecule has 4 nitrogen and oxygen atoms in total. The van der Waals surface area contributed by atoms with Gasteiger partial charge < -0.3 is 4.57 Å². The lowest BCUT2D eigenvalue weighted by Crippen LogP contribution is -2.36. The van der Waals surface area contributed by atoms with Crippen molar-refractivity contribution in [3.8, 4) is 0 Å². The first-order chi connectivity index (χ1) is 11.6. The zero-order valence-corrected chi connectivity index (χ0v) is 15.1. The molecule has 1 aliphatic rings. The summed E-state index contributed by atoms with van der Waals surface area (Å²) in [6.45, 7) is 11.0. The third-order valence-corrected chi connectivity index (χ3v) is 4.80. The number of benzene rings is 1. The van der Waals surface area contributed by atoms with Crippen LogP contribution in [0.3, 0.4) is 0 Å². The molecule has 0 unspecified atom stereocenters. The van der Waals surface area contributed by atoms with Gasteiger partial charge in [0.15, 0.2) is 5.17 Å². The fraction of sp³-hybridized carbons (Fsp3) is 0.211. The van der Waals surface area contributed by atoms with E-state index in [0.717, 1.165) is 23.1 Å². The standard InChI is InChI=1S/C19H22N4S/c1-5-10-23-14(3)11-17(15(23)4)18-12-24-19(22-21-18)20-16-8-6-13(2)7-9-16/h5-9,11-12,21H,1,10H2,2-4H3,(H,20,22). The van der Waals surface area contributed by atoms with E-state index in [1.165, 1.54) is 22.5 Å². The normalized spacial score (nSPS) is 15.6. The molecule has 0 aliphatic carbocycles. The van der Waals surface area contributed by atoms with Gasteiger partial charge >= 0.3 is 0 Å². The molecule has 5 heteroatoms. The number of nitrogens with one attached hydrogen (secondary N) is 2. The van der Waals surface area contributed by atoms with Gasteiger partial charge in [0.2, 0.25) is 0 Å².